The molecule has 4 aromatic rings. The van der Waals surface area contributed by atoms with E-state index in [2.05, 4.69) is 20.6 Å². The maximum atomic E-state index is 12.9. The molecule has 1 aliphatic rings. The normalized spacial score (nSPS) is 13.9. The minimum absolute atomic E-state index is 0.0142. The average Bonchev–Trinajstić information content (AvgIpc) is 3.46. The van der Waals surface area contributed by atoms with E-state index in [4.69, 9.17) is 4.74 Å². The third-order valence-electron chi connectivity index (χ3n) is 5.32. The summed E-state index contributed by atoms with van der Waals surface area (Å²) in [5.41, 5.74) is 1.18. The van der Waals surface area contributed by atoms with Crippen LogP contribution in [0.2, 0.25) is 0 Å². The third kappa shape index (κ3) is 4.83. The number of alkyl halides is 3. The quantitative estimate of drug-likeness (QED) is 0.301. The zero-order valence-electron chi connectivity index (χ0n) is 18.4. The van der Waals surface area contributed by atoms with Crippen LogP contribution in [0.4, 0.5) is 24.7 Å². The van der Waals surface area contributed by atoms with Crippen LogP contribution in [-0.4, -0.2) is 21.8 Å². The second kappa shape index (κ2) is 9.06. The average molecular weight is 490 g/mol. The van der Waals surface area contributed by atoms with Gasteiger partial charge in [-0.05, 0) is 60.7 Å². The number of carbonyl (C=O) groups excluding carboxylic acids is 2. The smallest absolute Gasteiger partial charge is 0.416 e. The summed E-state index contributed by atoms with van der Waals surface area (Å²) >= 11 is 0. The predicted molar refractivity (Wildman–Crippen MR) is 127 cm³/mol. The lowest BCUT2D eigenvalue weighted by molar-refractivity contribution is -0.137. The Labute approximate surface area is 202 Å². The van der Waals surface area contributed by atoms with Crippen molar-refractivity contribution in [1.29, 1.82) is 0 Å². The summed E-state index contributed by atoms with van der Waals surface area (Å²) in [4.78, 5) is 32.4. The summed E-state index contributed by atoms with van der Waals surface area (Å²) in [6, 6.07) is 17.4. The van der Waals surface area contributed by atoms with Gasteiger partial charge in [0.15, 0.2) is 0 Å². The fourth-order valence-electron chi connectivity index (χ4n) is 3.64. The zero-order valence-corrected chi connectivity index (χ0v) is 18.4. The van der Waals surface area contributed by atoms with Gasteiger partial charge >= 0.3 is 6.18 Å². The van der Waals surface area contributed by atoms with Gasteiger partial charge < -0.3 is 20.4 Å². The van der Waals surface area contributed by atoms with E-state index >= 15 is 0 Å². The van der Waals surface area contributed by atoms with Crippen LogP contribution in [0, 0.1) is 0 Å². The second-order valence-corrected chi connectivity index (χ2v) is 7.85. The molecule has 0 atom stereocenters. The fraction of sp³-hybridized carbons (Fsp3) is 0.0385. The number of pyridine rings is 1. The van der Waals surface area contributed by atoms with Gasteiger partial charge in [0.2, 0.25) is 5.88 Å². The minimum atomic E-state index is -4.52. The van der Waals surface area contributed by atoms with Crippen molar-refractivity contribution in [2.24, 2.45) is 0 Å². The van der Waals surface area contributed by atoms with Gasteiger partial charge in [0.1, 0.15) is 11.6 Å². The summed E-state index contributed by atoms with van der Waals surface area (Å²) in [6.07, 6.45) is -1.05. The highest BCUT2D eigenvalue weighted by atomic mass is 19.4. The van der Waals surface area contributed by atoms with Gasteiger partial charge in [0.05, 0.1) is 11.1 Å². The number of ether oxygens (including phenoxy) is 1. The van der Waals surface area contributed by atoms with Crippen molar-refractivity contribution in [3.8, 4) is 11.6 Å². The van der Waals surface area contributed by atoms with Crippen molar-refractivity contribution >= 4 is 35.0 Å². The molecule has 3 N–H and O–H groups in total. The number of nitrogens with one attached hydrogen (secondary N) is 3. The maximum absolute atomic E-state index is 12.9. The minimum Gasteiger partial charge on any atom is -0.439 e. The number of halogens is 3. The Morgan fingerprint density at radius 2 is 1.83 bits per heavy atom. The molecule has 2 aromatic heterocycles. The molecule has 0 fully saturated rings. The van der Waals surface area contributed by atoms with E-state index in [9.17, 15) is 22.8 Å². The Morgan fingerprint density at radius 1 is 1.00 bits per heavy atom. The van der Waals surface area contributed by atoms with Gasteiger partial charge in [0.25, 0.3) is 11.8 Å². The Bertz CT molecular complexity index is 1490. The van der Waals surface area contributed by atoms with Gasteiger partial charge in [-0.15, -0.1) is 0 Å². The molecule has 180 valence electrons. The van der Waals surface area contributed by atoms with Crippen molar-refractivity contribution in [3.05, 3.63) is 101 Å². The maximum Gasteiger partial charge on any atom is 0.416 e. The molecule has 1 aliphatic heterocycles. The molecule has 2 aromatic carbocycles. The summed E-state index contributed by atoms with van der Waals surface area (Å²) in [6.45, 7) is 0. The number of nitrogens with zero attached hydrogens (tertiary/aromatic N) is 1. The van der Waals surface area contributed by atoms with Crippen molar-refractivity contribution in [1.82, 2.24) is 9.97 Å². The van der Waals surface area contributed by atoms with E-state index in [-0.39, 0.29) is 28.8 Å². The van der Waals surface area contributed by atoms with Crippen LogP contribution in [0.15, 0.2) is 79.0 Å². The standard InChI is InChI=1S/C26H17F3N4O3/c27-26(28,29)16-5-2-6-18(13-16)31-24(34)15-4-1-8-19(12-15)36-22-10-9-20-21(14-17-7-3-11-30-17)25(35)33-23(20)32-22/h1-14,30H,(H,31,34)(H,32,33,35)/b21-14+. The molecule has 0 radical (unpaired) electrons. The molecule has 0 unspecified atom stereocenters. The molecule has 10 heteroatoms. The Balaban J connectivity index is 1.32. The highest BCUT2D eigenvalue weighted by Crippen LogP contribution is 2.34. The molecule has 0 saturated heterocycles. The molecule has 0 saturated carbocycles. The van der Waals surface area contributed by atoms with Gasteiger partial charge in [-0.1, -0.05) is 12.1 Å². The number of rotatable bonds is 5. The molecule has 5 rings (SSSR count). The molecule has 2 amide bonds. The lowest BCUT2D eigenvalue weighted by Crippen LogP contribution is -2.13. The van der Waals surface area contributed by atoms with Gasteiger partial charge in [-0.2, -0.15) is 18.2 Å². The van der Waals surface area contributed by atoms with Crippen LogP contribution >= 0.6 is 0 Å². The van der Waals surface area contributed by atoms with Gasteiger partial charge in [-0.3, -0.25) is 9.59 Å². The van der Waals surface area contributed by atoms with Gasteiger partial charge in [-0.25, -0.2) is 0 Å². The Hall–Kier alpha value is -4.86. The first-order valence-corrected chi connectivity index (χ1v) is 10.7. The van der Waals surface area contributed by atoms with Crippen molar-refractivity contribution in [2.45, 2.75) is 6.18 Å². The van der Waals surface area contributed by atoms with Crippen molar-refractivity contribution in [3.63, 3.8) is 0 Å². The number of fused-ring (bicyclic) bond motifs is 1. The number of aromatic amines is 1. The highest BCUT2D eigenvalue weighted by molar-refractivity contribution is 6.34. The first-order chi connectivity index (χ1) is 17.3. The number of hydrogen-bond donors (Lipinski definition) is 3. The third-order valence-corrected chi connectivity index (χ3v) is 5.32. The molecule has 0 aliphatic carbocycles. The fourth-order valence-corrected chi connectivity index (χ4v) is 3.64. The molecule has 36 heavy (non-hydrogen) atoms. The lowest BCUT2D eigenvalue weighted by atomic mass is 10.1. The molecule has 3 heterocycles. The SMILES string of the molecule is O=C1Nc2nc(Oc3cccc(C(=O)Nc4cccc(C(F)(F)F)c4)c3)ccc2/C1=C\c1ccc[nH]1. The van der Waals surface area contributed by atoms with Crippen LogP contribution < -0.4 is 15.4 Å². The van der Waals surface area contributed by atoms with E-state index in [1.165, 1.54) is 24.3 Å². The molecule has 0 bridgehead atoms. The topological polar surface area (TPSA) is 96.1 Å². The number of H-pyrrole nitrogens is 1. The second-order valence-electron chi connectivity index (χ2n) is 7.85. The van der Waals surface area contributed by atoms with E-state index < -0.39 is 17.6 Å². The largest absolute Gasteiger partial charge is 0.439 e. The molecular weight excluding hydrogens is 473 g/mol. The van der Waals surface area contributed by atoms with Crippen LogP contribution in [0.1, 0.15) is 27.2 Å². The van der Waals surface area contributed by atoms with Crippen LogP contribution in [-0.2, 0) is 11.0 Å². The number of anilines is 2. The zero-order chi connectivity index (χ0) is 25.3. The molecule has 0 spiro atoms. The van der Waals surface area contributed by atoms with E-state index in [0.29, 0.717) is 17.0 Å². The predicted octanol–water partition coefficient (Wildman–Crippen LogP) is 5.97. The Kier molecular flexibility index (Phi) is 5.77. The van der Waals surface area contributed by atoms with E-state index in [1.807, 2.05) is 12.1 Å². The summed E-state index contributed by atoms with van der Waals surface area (Å²) in [5.74, 6) is -0.0875. The number of amides is 2. The Morgan fingerprint density at radius 3 is 2.61 bits per heavy atom. The molecular formula is C26H17F3N4O3. The van der Waals surface area contributed by atoms with Crippen molar-refractivity contribution in [2.75, 3.05) is 10.6 Å². The van der Waals surface area contributed by atoms with Crippen LogP contribution in [0.25, 0.3) is 11.6 Å². The molecule has 7 nitrogen and oxygen atoms in total. The van der Waals surface area contributed by atoms with Crippen LogP contribution in [0.5, 0.6) is 11.6 Å². The van der Waals surface area contributed by atoms with Gasteiger partial charge in [0, 0.05) is 34.8 Å². The summed E-state index contributed by atoms with van der Waals surface area (Å²) < 4.78 is 44.6. The first kappa shape index (κ1) is 22.9. The monoisotopic (exact) mass is 490 g/mol. The van der Waals surface area contributed by atoms with Crippen LogP contribution in [0.3, 0.4) is 0 Å². The summed E-state index contributed by atoms with van der Waals surface area (Å²) in [7, 11) is 0. The number of aromatic nitrogens is 2. The first-order valence-electron chi connectivity index (χ1n) is 10.7. The summed E-state index contributed by atoms with van der Waals surface area (Å²) in [5, 5.41) is 5.16. The van der Waals surface area contributed by atoms with E-state index in [1.54, 1.807) is 36.5 Å². The lowest BCUT2D eigenvalue weighted by Gasteiger charge is -2.11. The highest BCUT2D eigenvalue weighted by Gasteiger charge is 2.30. The number of carbonyl (C=O) groups is 2. The van der Waals surface area contributed by atoms with E-state index in [0.717, 1.165) is 17.8 Å². The number of benzene rings is 2. The number of hydrogen-bond acceptors (Lipinski definition) is 4. The van der Waals surface area contributed by atoms with Crippen molar-refractivity contribution < 1.29 is 27.5 Å².